The van der Waals surface area contributed by atoms with E-state index >= 15 is 0 Å². The van der Waals surface area contributed by atoms with Crippen LogP contribution in [0.2, 0.25) is 0 Å². The minimum atomic E-state index is -0.304. The predicted molar refractivity (Wildman–Crippen MR) is 112 cm³/mol. The van der Waals surface area contributed by atoms with Crippen molar-refractivity contribution in [2.75, 3.05) is 5.32 Å². The number of carbonyl (C=O) groups excluding carboxylic acids is 1. The summed E-state index contributed by atoms with van der Waals surface area (Å²) in [5.41, 5.74) is 13.5. The third kappa shape index (κ3) is 4.57. The summed E-state index contributed by atoms with van der Waals surface area (Å²) >= 11 is 0. The van der Waals surface area contributed by atoms with Crippen molar-refractivity contribution in [1.29, 1.82) is 0 Å². The average molecular weight is 364 g/mol. The van der Waals surface area contributed by atoms with Crippen LogP contribution in [0.1, 0.15) is 62.0 Å². The lowest BCUT2D eigenvalue weighted by molar-refractivity contribution is -0.117. The molecule has 0 radical (unpaired) electrons. The van der Waals surface area contributed by atoms with Crippen LogP contribution in [-0.2, 0) is 24.1 Å². The molecule has 0 atom stereocenters. The van der Waals surface area contributed by atoms with E-state index in [4.69, 9.17) is 10.7 Å². The van der Waals surface area contributed by atoms with Crippen molar-refractivity contribution in [2.24, 2.45) is 5.73 Å². The molecule has 1 aromatic heterocycles. The number of rotatable bonds is 5. The van der Waals surface area contributed by atoms with E-state index in [-0.39, 0.29) is 12.3 Å². The van der Waals surface area contributed by atoms with Gasteiger partial charge in [-0.2, -0.15) is 0 Å². The molecule has 0 fully saturated rings. The van der Waals surface area contributed by atoms with Gasteiger partial charge in [0.15, 0.2) is 0 Å². The Hall–Kier alpha value is -2.62. The monoisotopic (exact) mass is 363 g/mol. The zero-order chi connectivity index (χ0) is 19.2. The average Bonchev–Trinajstić information content (AvgIpc) is 3.36. The molecule has 27 heavy (non-hydrogen) atoms. The van der Waals surface area contributed by atoms with Crippen LogP contribution in [-0.4, -0.2) is 10.9 Å². The molecule has 0 spiro atoms. The Morgan fingerprint density at radius 1 is 1.11 bits per heavy atom. The lowest BCUT2D eigenvalue weighted by atomic mass is 10.1. The molecule has 0 aliphatic heterocycles. The number of pyridine rings is 1. The molecule has 0 unspecified atom stereocenters. The number of aromatic nitrogens is 1. The lowest BCUT2D eigenvalue weighted by Gasteiger charge is -2.14. The number of aryl methyl sites for hydroxylation is 1. The first-order valence-electron chi connectivity index (χ1n) is 10.1. The van der Waals surface area contributed by atoms with Gasteiger partial charge in [0.2, 0.25) is 5.91 Å². The zero-order valence-corrected chi connectivity index (χ0v) is 16.3. The first-order chi connectivity index (χ1) is 13.2. The molecule has 1 aromatic carbocycles. The summed E-state index contributed by atoms with van der Waals surface area (Å²) in [7, 11) is 0. The Kier molecular flexibility index (Phi) is 6.28. The Labute approximate surface area is 161 Å². The van der Waals surface area contributed by atoms with Gasteiger partial charge in [0, 0.05) is 17.1 Å². The molecule has 2 aliphatic rings. The summed E-state index contributed by atoms with van der Waals surface area (Å²) in [6.45, 7) is 4.00. The molecular formula is C23H29N3O. The third-order valence-corrected chi connectivity index (χ3v) is 5.03. The van der Waals surface area contributed by atoms with Crippen LogP contribution < -0.4 is 11.1 Å². The van der Waals surface area contributed by atoms with E-state index in [1.54, 1.807) is 0 Å². The third-order valence-electron chi connectivity index (χ3n) is 5.03. The SMILES string of the molecule is CC.NC(=O)Cc1ccc(Nc2cc(C3=CCCC3)nc3c2CCC3)cc1. The maximum atomic E-state index is 11.0. The molecule has 142 valence electrons. The Morgan fingerprint density at radius 2 is 1.89 bits per heavy atom. The molecule has 1 heterocycles. The normalized spacial score (nSPS) is 14.8. The van der Waals surface area contributed by atoms with Gasteiger partial charge in [-0.3, -0.25) is 9.78 Å². The predicted octanol–water partition coefficient (Wildman–Crippen LogP) is 4.94. The van der Waals surface area contributed by atoms with Gasteiger partial charge in [-0.05, 0) is 73.4 Å². The van der Waals surface area contributed by atoms with Gasteiger partial charge >= 0.3 is 0 Å². The highest BCUT2D eigenvalue weighted by molar-refractivity contribution is 5.77. The van der Waals surface area contributed by atoms with Crippen molar-refractivity contribution in [1.82, 2.24) is 4.98 Å². The maximum Gasteiger partial charge on any atom is 0.221 e. The summed E-state index contributed by atoms with van der Waals surface area (Å²) in [6, 6.07) is 10.1. The van der Waals surface area contributed by atoms with Crippen molar-refractivity contribution in [2.45, 2.75) is 58.8 Å². The Morgan fingerprint density at radius 3 is 2.56 bits per heavy atom. The van der Waals surface area contributed by atoms with Crippen molar-refractivity contribution in [3.05, 3.63) is 58.9 Å². The van der Waals surface area contributed by atoms with Crippen LogP contribution >= 0.6 is 0 Å². The summed E-state index contributed by atoms with van der Waals surface area (Å²) in [5.74, 6) is -0.304. The maximum absolute atomic E-state index is 11.0. The number of nitrogens with zero attached hydrogens (tertiary/aromatic N) is 1. The van der Waals surface area contributed by atoms with E-state index in [1.165, 1.54) is 35.4 Å². The second-order valence-corrected chi connectivity index (χ2v) is 6.92. The molecular weight excluding hydrogens is 334 g/mol. The molecule has 3 N–H and O–H groups in total. The van der Waals surface area contributed by atoms with Crippen LogP contribution in [0.15, 0.2) is 36.4 Å². The molecule has 0 bridgehead atoms. The van der Waals surface area contributed by atoms with E-state index in [9.17, 15) is 4.79 Å². The lowest BCUT2D eigenvalue weighted by Crippen LogP contribution is -2.13. The first kappa shape index (κ1) is 19.2. The fourth-order valence-electron chi connectivity index (χ4n) is 3.78. The zero-order valence-electron chi connectivity index (χ0n) is 16.3. The molecule has 2 aliphatic carbocycles. The van der Waals surface area contributed by atoms with E-state index in [2.05, 4.69) is 17.5 Å². The van der Waals surface area contributed by atoms with Gasteiger partial charge in [-0.1, -0.05) is 32.1 Å². The van der Waals surface area contributed by atoms with Gasteiger partial charge in [0.05, 0.1) is 12.1 Å². The summed E-state index contributed by atoms with van der Waals surface area (Å²) < 4.78 is 0. The number of anilines is 2. The number of hydrogen-bond donors (Lipinski definition) is 2. The Balaban J connectivity index is 0.00000102. The number of amides is 1. The van der Waals surface area contributed by atoms with Crippen LogP contribution in [0.25, 0.3) is 5.57 Å². The van der Waals surface area contributed by atoms with E-state index < -0.39 is 0 Å². The summed E-state index contributed by atoms with van der Waals surface area (Å²) in [5, 5.41) is 3.57. The number of nitrogens with two attached hydrogens (primary N) is 1. The van der Waals surface area contributed by atoms with E-state index in [0.29, 0.717) is 0 Å². The fourth-order valence-corrected chi connectivity index (χ4v) is 3.78. The highest BCUT2D eigenvalue weighted by Gasteiger charge is 2.20. The smallest absolute Gasteiger partial charge is 0.221 e. The number of allylic oxidation sites excluding steroid dienone is 2. The quantitative estimate of drug-likeness (QED) is 0.791. The summed E-state index contributed by atoms with van der Waals surface area (Å²) in [4.78, 5) is 16.0. The van der Waals surface area contributed by atoms with Crippen molar-refractivity contribution in [3.63, 3.8) is 0 Å². The highest BCUT2D eigenvalue weighted by Crippen LogP contribution is 2.35. The number of primary amides is 1. The number of fused-ring (bicyclic) bond motifs is 1. The van der Waals surface area contributed by atoms with Crippen LogP contribution in [0.4, 0.5) is 11.4 Å². The number of nitrogens with one attached hydrogen (secondary N) is 1. The van der Waals surface area contributed by atoms with Crippen molar-refractivity contribution >= 4 is 22.9 Å². The second kappa shape index (κ2) is 8.85. The number of hydrogen-bond acceptors (Lipinski definition) is 3. The molecule has 0 saturated heterocycles. The standard InChI is InChI=1S/C21H23N3O.C2H6/c22-21(25)12-14-8-10-16(11-9-14)23-20-13-19(15-4-1-2-5-15)24-18-7-3-6-17(18)20;1-2/h4,8-11,13H,1-3,5-7,12H2,(H2,22,25)(H,23,24);1-2H3. The van der Waals surface area contributed by atoms with Gasteiger partial charge < -0.3 is 11.1 Å². The Bertz CT molecular complexity index is 837. The van der Waals surface area contributed by atoms with Crippen molar-refractivity contribution in [3.8, 4) is 0 Å². The fraction of sp³-hybridized carbons (Fsp3) is 0.391. The molecule has 0 saturated carbocycles. The number of carbonyl (C=O) groups is 1. The molecule has 2 aromatic rings. The van der Waals surface area contributed by atoms with Crippen molar-refractivity contribution < 1.29 is 4.79 Å². The molecule has 4 heteroatoms. The van der Waals surface area contributed by atoms with E-state index in [0.717, 1.165) is 42.6 Å². The highest BCUT2D eigenvalue weighted by atomic mass is 16.1. The molecule has 1 amide bonds. The van der Waals surface area contributed by atoms with E-state index in [1.807, 2.05) is 38.1 Å². The minimum absolute atomic E-state index is 0.281. The van der Waals surface area contributed by atoms with Gasteiger partial charge in [-0.25, -0.2) is 0 Å². The molecule has 4 rings (SSSR count). The van der Waals surface area contributed by atoms with Gasteiger partial charge in [-0.15, -0.1) is 0 Å². The number of benzene rings is 1. The van der Waals surface area contributed by atoms with Crippen LogP contribution in [0, 0.1) is 0 Å². The molecule has 4 nitrogen and oxygen atoms in total. The van der Waals surface area contributed by atoms with Gasteiger partial charge in [0.1, 0.15) is 0 Å². The largest absolute Gasteiger partial charge is 0.369 e. The second-order valence-electron chi connectivity index (χ2n) is 6.92. The van der Waals surface area contributed by atoms with Crippen LogP contribution in [0.3, 0.4) is 0 Å². The topological polar surface area (TPSA) is 68.0 Å². The summed E-state index contributed by atoms with van der Waals surface area (Å²) in [6.07, 6.45) is 9.47. The minimum Gasteiger partial charge on any atom is -0.369 e. The van der Waals surface area contributed by atoms with Crippen LogP contribution in [0.5, 0.6) is 0 Å². The van der Waals surface area contributed by atoms with Gasteiger partial charge in [0.25, 0.3) is 0 Å². The first-order valence-corrected chi connectivity index (χ1v) is 10.1.